The molecule has 5 heteroatoms. The number of aliphatic hydroxyl groups excluding tert-OH is 1. The smallest absolute Gasteiger partial charge is 0.295 e. The summed E-state index contributed by atoms with van der Waals surface area (Å²) in [5, 5.41) is 11.4. The number of aryl methyl sites for hydroxylation is 1. The Morgan fingerprint density at radius 3 is 2.44 bits per heavy atom. The molecule has 2 aliphatic rings. The van der Waals surface area contributed by atoms with Crippen LogP contribution < -0.4 is 4.74 Å². The molecule has 0 aromatic heterocycles. The number of hydrogen-bond acceptors (Lipinski definition) is 4. The second-order valence-corrected chi connectivity index (χ2v) is 8.96. The molecule has 5 rings (SSSR count). The number of hydrogen-bond donors (Lipinski definition) is 1. The lowest BCUT2D eigenvalue weighted by atomic mass is 9.93. The largest absolute Gasteiger partial charge is 0.507 e. The molecule has 34 heavy (non-hydrogen) atoms. The number of likely N-dealkylation sites (tertiary alicyclic amines) is 1. The van der Waals surface area contributed by atoms with Crippen molar-refractivity contribution >= 4 is 17.4 Å². The second kappa shape index (κ2) is 8.82. The van der Waals surface area contributed by atoms with E-state index in [0.29, 0.717) is 5.56 Å². The van der Waals surface area contributed by atoms with Crippen molar-refractivity contribution in [1.82, 2.24) is 4.90 Å². The summed E-state index contributed by atoms with van der Waals surface area (Å²) in [5.41, 5.74) is 4.51. The van der Waals surface area contributed by atoms with Crippen LogP contribution in [0.2, 0.25) is 0 Å². The van der Waals surface area contributed by atoms with Gasteiger partial charge in [0.25, 0.3) is 11.7 Å². The minimum Gasteiger partial charge on any atom is -0.507 e. The van der Waals surface area contributed by atoms with Crippen molar-refractivity contribution in [3.8, 4) is 5.75 Å². The van der Waals surface area contributed by atoms with Crippen LogP contribution in [-0.2, 0) is 29.0 Å². The van der Waals surface area contributed by atoms with E-state index in [4.69, 9.17) is 4.74 Å². The molecule has 0 radical (unpaired) electrons. The molecule has 5 nitrogen and oxygen atoms in total. The summed E-state index contributed by atoms with van der Waals surface area (Å²) >= 11 is 0. The van der Waals surface area contributed by atoms with Crippen LogP contribution in [-0.4, -0.2) is 27.8 Å². The molecule has 2 heterocycles. The molecule has 3 aromatic carbocycles. The molecule has 0 aliphatic carbocycles. The number of ether oxygens (including phenoxy) is 1. The topological polar surface area (TPSA) is 66.8 Å². The van der Waals surface area contributed by atoms with Crippen molar-refractivity contribution in [2.24, 2.45) is 0 Å². The van der Waals surface area contributed by atoms with Crippen molar-refractivity contribution in [2.75, 3.05) is 0 Å². The van der Waals surface area contributed by atoms with E-state index in [9.17, 15) is 14.7 Å². The number of rotatable bonds is 5. The van der Waals surface area contributed by atoms with Gasteiger partial charge in [0.2, 0.25) is 0 Å². The standard InChI is InChI=1S/C29H27NO4/c1-3-19-9-11-21(12-10-19)26-25(27(31)22-13-14-24-23(16-22)15-18(2)34-24)28(32)29(33)30(26)17-20-7-5-4-6-8-20/h4-14,16,18,26,31H,3,15,17H2,1-2H3/b27-25+/t18-,26+/m0/s1. The SMILES string of the molecule is CCc1ccc([C@@H]2/C(=C(\O)c3ccc4c(c3)C[C@H](C)O4)C(=O)C(=O)N2Cc2ccccc2)cc1. The zero-order chi connectivity index (χ0) is 23.8. The summed E-state index contributed by atoms with van der Waals surface area (Å²) < 4.78 is 5.77. The number of carbonyl (C=O) groups is 2. The van der Waals surface area contributed by atoms with Gasteiger partial charge in [-0.05, 0) is 53.8 Å². The molecular formula is C29H27NO4. The van der Waals surface area contributed by atoms with Gasteiger partial charge >= 0.3 is 0 Å². The van der Waals surface area contributed by atoms with Gasteiger partial charge in [0.05, 0.1) is 11.6 Å². The number of amides is 1. The average molecular weight is 454 g/mol. The van der Waals surface area contributed by atoms with Gasteiger partial charge in [-0.1, -0.05) is 61.5 Å². The normalized spacial score (nSPS) is 20.9. The fraction of sp³-hybridized carbons (Fsp3) is 0.241. The number of ketones is 1. The monoisotopic (exact) mass is 453 g/mol. The van der Waals surface area contributed by atoms with Crippen LogP contribution in [0.5, 0.6) is 5.75 Å². The maximum Gasteiger partial charge on any atom is 0.295 e. The Hall–Kier alpha value is -3.86. The van der Waals surface area contributed by atoms with E-state index in [1.54, 1.807) is 11.0 Å². The summed E-state index contributed by atoms with van der Waals surface area (Å²) in [6.07, 6.45) is 1.70. The molecule has 2 atom stereocenters. The highest BCUT2D eigenvalue weighted by Crippen LogP contribution is 2.41. The van der Waals surface area contributed by atoms with Crippen LogP contribution in [0, 0.1) is 0 Å². The molecule has 1 N–H and O–H groups in total. The minimum atomic E-state index is -0.672. The van der Waals surface area contributed by atoms with E-state index in [0.717, 1.165) is 40.8 Å². The van der Waals surface area contributed by atoms with E-state index in [1.165, 1.54) is 0 Å². The third-order valence-corrected chi connectivity index (χ3v) is 6.61. The van der Waals surface area contributed by atoms with Gasteiger partial charge in [-0.15, -0.1) is 0 Å². The number of fused-ring (bicyclic) bond motifs is 1. The van der Waals surface area contributed by atoms with Crippen molar-refractivity contribution in [2.45, 2.75) is 45.4 Å². The summed E-state index contributed by atoms with van der Waals surface area (Å²) in [7, 11) is 0. The van der Waals surface area contributed by atoms with Gasteiger partial charge < -0.3 is 14.7 Å². The van der Waals surface area contributed by atoms with E-state index < -0.39 is 17.7 Å². The van der Waals surface area contributed by atoms with Crippen molar-refractivity contribution < 1.29 is 19.4 Å². The van der Waals surface area contributed by atoms with Gasteiger partial charge in [0.1, 0.15) is 17.6 Å². The van der Waals surface area contributed by atoms with Crippen LogP contribution in [0.25, 0.3) is 5.76 Å². The van der Waals surface area contributed by atoms with Crippen LogP contribution >= 0.6 is 0 Å². The quantitative estimate of drug-likeness (QED) is 0.328. The number of aliphatic hydroxyl groups is 1. The highest BCUT2D eigenvalue weighted by Gasteiger charge is 2.46. The van der Waals surface area contributed by atoms with Crippen molar-refractivity contribution in [1.29, 1.82) is 0 Å². The molecule has 1 fully saturated rings. The first-order valence-corrected chi connectivity index (χ1v) is 11.7. The van der Waals surface area contributed by atoms with E-state index in [1.807, 2.05) is 73.7 Å². The first kappa shape index (κ1) is 22.0. The first-order valence-electron chi connectivity index (χ1n) is 11.7. The highest BCUT2D eigenvalue weighted by atomic mass is 16.5. The van der Waals surface area contributed by atoms with Gasteiger partial charge in [-0.2, -0.15) is 0 Å². The Bertz CT molecular complexity index is 1280. The fourth-order valence-corrected chi connectivity index (χ4v) is 4.83. The second-order valence-electron chi connectivity index (χ2n) is 8.96. The maximum absolute atomic E-state index is 13.3. The zero-order valence-electron chi connectivity index (χ0n) is 19.3. The predicted octanol–water partition coefficient (Wildman–Crippen LogP) is 5.19. The van der Waals surface area contributed by atoms with Crippen LogP contribution in [0.4, 0.5) is 0 Å². The molecule has 0 spiro atoms. The Morgan fingerprint density at radius 1 is 1.00 bits per heavy atom. The average Bonchev–Trinajstić information content (AvgIpc) is 3.35. The van der Waals surface area contributed by atoms with Crippen molar-refractivity contribution in [3.63, 3.8) is 0 Å². The van der Waals surface area contributed by atoms with E-state index >= 15 is 0 Å². The fourth-order valence-electron chi connectivity index (χ4n) is 4.83. The van der Waals surface area contributed by atoms with Gasteiger partial charge in [-0.25, -0.2) is 0 Å². The molecular weight excluding hydrogens is 426 g/mol. The van der Waals surface area contributed by atoms with Crippen LogP contribution in [0.15, 0.2) is 78.4 Å². The third kappa shape index (κ3) is 3.87. The lowest BCUT2D eigenvalue weighted by Crippen LogP contribution is -2.29. The summed E-state index contributed by atoms with van der Waals surface area (Å²) in [6.45, 7) is 4.35. The molecule has 0 unspecified atom stereocenters. The summed E-state index contributed by atoms with van der Waals surface area (Å²) in [5.74, 6) is -0.627. The molecule has 0 bridgehead atoms. The van der Waals surface area contributed by atoms with E-state index in [-0.39, 0.29) is 24.0 Å². The zero-order valence-corrected chi connectivity index (χ0v) is 19.3. The number of carbonyl (C=O) groups excluding carboxylic acids is 2. The molecule has 3 aromatic rings. The molecule has 1 amide bonds. The van der Waals surface area contributed by atoms with Gasteiger partial charge in [-0.3, -0.25) is 9.59 Å². The highest BCUT2D eigenvalue weighted by molar-refractivity contribution is 6.46. The van der Waals surface area contributed by atoms with E-state index in [2.05, 4.69) is 6.92 Å². The Kier molecular flexibility index (Phi) is 5.70. The van der Waals surface area contributed by atoms with Gasteiger partial charge in [0, 0.05) is 18.5 Å². The molecule has 172 valence electrons. The van der Waals surface area contributed by atoms with Crippen LogP contribution in [0.1, 0.15) is 47.7 Å². The van der Waals surface area contributed by atoms with Crippen LogP contribution in [0.3, 0.4) is 0 Å². The summed E-state index contributed by atoms with van der Waals surface area (Å²) in [4.78, 5) is 28.0. The lowest BCUT2D eigenvalue weighted by molar-refractivity contribution is -0.140. The molecule has 1 saturated heterocycles. The molecule has 0 saturated carbocycles. The number of Topliss-reactive ketones (excluding diaryl/α,β-unsaturated/α-hetero) is 1. The molecule has 2 aliphatic heterocycles. The van der Waals surface area contributed by atoms with Gasteiger partial charge in [0.15, 0.2) is 0 Å². The maximum atomic E-state index is 13.3. The number of nitrogens with zero attached hydrogens (tertiary/aromatic N) is 1. The Morgan fingerprint density at radius 2 is 1.74 bits per heavy atom. The Labute approximate surface area is 199 Å². The third-order valence-electron chi connectivity index (χ3n) is 6.61. The predicted molar refractivity (Wildman–Crippen MR) is 130 cm³/mol. The van der Waals surface area contributed by atoms with Crippen molar-refractivity contribution in [3.05, 3.63) is 106 Å². The number of benzene rings is 3. The lowest BCUT2D eigenvalue weighted by Gasteiger charge is -2.25. The minimum absolute atomic E-state index is 0.0703. The first-order chi connectivity index (χ1) is 16.5. The Balaban J connectivity index is 1.62. The summed E-state index contributed by atoms with van der Waals surface area (Å²) in [6, 6.07) is 22.2.